The number of ketones is 1. The zero-order valence-electron chi connectivity index (χ0n) is 27.6. The Bertz CT molecular complexity index is 1980. The first-order chi connectivity index (χ1) is 23.0. The summed E-state index contributed by atoms with van der Waals surface area (Å²) >= 11 is 6.72. The molecular formula is C36H39ClN2O8S2. The normalized spacial score (nSPS) is 13.2. The van der Waals surface area contributed by atoms with Crippen LogP contribution in [-0.4, -0.2) is 39.3 Å². The first-order valence-electron chi connectivity index (χ1n) is 15.5. The molecule has 0 heterocycles. The van der Waals surface area contributed by atoms with Crippen LogP contribution in [0, 0.1) is 5.41 Å². The summed E-state index contributed by atoms with van der Waals surface area (Å²) in [6, 6.07) is 26.9. The van der Waals surface area contributed by atoms with E-state index in [1.807, 2.05) is 37.3 Å². The quantitative estimate of drug-likeness (QED) is 0.0966. The van der Waals surface area contributed by atoms with Gasteiger partial charge in [-0.1, -0.05) is 94.2 Å². The van der Waals surface area contributed by atoms with Crippen molar-refractivity contribution in [1.82, 2.24) is 0 Å². The summed E-state index contributed by atoms with van der Waals surface area (Å²) in [4.78, 5) is 26.6. The van der Waals surface area contributed by atoms with Gasteiger partial charge < -0.3 is 14.8 Å². The van der Waals surface area contributed by atoms with Crippen molar-refractivity contribution >= 4 is 54.5 Å². The molecular weight excluding hydrogens is 688 g/mol. The molecule has 260 valence electrons. The van der Waals surface area contributed by atoms with Gasteiger partial charge in [-0.15, -0.1) is 0 Å². The number of unbranched alkanes of at least 4 members (excludes halogenated alkanes) is 1. The lowest BCUT2D eigenvalue weighted by Gasteiger charge is -2.31. The van der Waals surface area contributed by atoms with Crippen LogP contribution in [0.25, 0.3) is 0 Å². The van der Waals surface area contributed by atoms with Crippen molar-refractivity contribution in [3.05, 3.63) is 109 Å². The van der Waals surface area contributed by atoms with Gasteiger partial charge in [0.05, 0.1) is 21.2 Å². The van der Waals surface area contributed by atoms with E-state index < -0.39 is 42.0 Å². The number of sulfonamides is 1. The Morgan fingerprint density at radius 3 is 1.98 bits per heavy atom. The Morgan fingerprint density at radius 2 is 1.39 bits per heavy atom. The van der Waals surface area contributed by atoms with Gasteiger partial charge in [-0.05, 0) is 60.5 Å². The Balaban J connectivity index is 1.72. The minimum Gasteiger partial charge on any atom is -0.489 e. The third kappa shape index (κ3) is 9.62. The molecule has 0 fully saturated rings. The Morgan fingerprint density at radius 1 is 0.796 bits per heavy atom. The van der Waals surface area contributed by atoms with Crippen molar-refractivity contribution in [2.45, 2.75) is 62.0 Å². The summed E-state index contributed by atoms with van der Waals surface area (Å²) in [7, 11) is -8.35. The number of carbonyl (C=O) groups excluding carboxylic acids is 2. The van der Waals surface area contributed by atoms with Crippen LogP contribution in [-0.2, 0) is 36.1 Å². The van der Waals surface area contributed by atoms with Crippen molar-refractivity contribution in [2.75, 3.05) is 15.8 Å². The highest BCUT2D eigenvalue weighted by atomic mass is 35.5. The van der Waals surface area contributed by atoms with Crippen LogP contribution in [0.2, 0.25) is 0 Å². The van der Waals surface area contributed by atoms with Crippen molar-refractivity contribution in [2.24, 2.45) is 5.41 Å². The number of nitrogens with one attached hydrogen (secondary N) is 2. The molecule has 4 aromatic rings. The minimum atomic E-state index is -4.32. The molecule has 0 aliphatic heterocycles. The van der Waals surface area contributed by atoms with Crippen molar-refractivity contribution < 1.29 is 35.9 Å². The lowest BCUT2D eigenvalue weighted by Crippen LogP contribution is -2.54. The van der Waals surface area contributed by atoms with E-state index in [-0.39, 0.29) is 33.6 Å². The molecule has 4 rings (SSSR count). The van der Waals surface area contributed by atoms with Gasteiger partial charge in [0, 0.05) is 17.2 Å². The average molecular weight is 727 g/mol. The molecule has 1 amide bonds. The van der Waals surface area contributed by atoms with Crippen LogP contribution < -0.4 is 19.5 Å². The molecule has 13 heteroatoms. The molecule has 4 aromatic carbocycles. The Hall–Kier alpha value is -4.39. The van der Waals surface area contributed by atoms with E-state index in [0.29, 0.717) is 24.3 Å². The maximum absolute atomic E-state index is 13.9. The molecule has 0 spiro atoms. The van der Waals surface area contributed by atoms with Gasteiger partial charge in [0.25, 0.3) is 5.91 Å². The highest BCUT2D eigenvalue weighted by molar-refractivity contribution is 7.93. The molecule has 1 unspecified atom stereocenters. The lowest BCUT2D eigenvalue weighted by atomic mass is 9.86. The predicted molar refractivity (Wildman–Crippen MR) is 190 cm³/mol. The van der Waals surface area contributed by atoms with Crippen LogP contribution in [0.1, 0.15) is 46.1 Å². The average Bonchev–Trinajstić information content (AvgIpc) is 3.06. The highest BCUT2D eigenvalue weighted by Crippen LogP contribution is 2.37. The van der Waals surface area contributed by atoms with E-state index in [0.717, 1.165) is 17.7 Å². The van der Waals surface area contributed by atoms with E-state index >= 15 is 0 Å². The summed E-state index contributed by atoms with van der Waals surface area (Å²) in [5.74, 6) is -1.85. The number of rotatable bonds is 15. The molecule has 0 bridgehead atoms. The second kappa shape index (κ2) is 15.4. The van der Waals surface area contributed by atoms with E-state index in [4.69, 9.17) is 21.1 Å². The standard InChI is InChI=1S/C36H39ClN2O8S2/c1-5-6-23-48(42,43)39-31-24-29(47-36(37,33(40)35(2,3)4)34(41)38-27-15-11-8-12-16-27)19-22-32(31)49(44,45)30-20-17-28(18-21-30)46-25-26-13-9-7-10-14-26/h7-22,24,39H,5-6,23,25H2,1-4H3,(H,38,41). The first kappa shape index (κ1) is 37.4. The van der Waals surface area contributed by atoms with Gasteiger partial charge in [-0.3, -0.25) is 14.3 Å². The number of hydrogen-bond donors (Lipinski definition) is 2. The number of ether oxygens (including phenoxy) is 2. The van der Waals surface area contributed by atoms with E-state index in [9.17, 15) is 26.4 Å². The zero-order chi connectivity index (χ0) is 35.9. The first-order valence-corrected chi connectivity index (χ1v) is 19.0. The Kier molecular flexibility index (Phi) is 11.8. The van der Waals surface area contributed by atoms with E-state index in [2.05, 4.69) is 10.0 Å². The third-order valence-corrected chi connectivity index (χ3v) is 10.8. The Labute approximate surface area is 292 Å². The van der Waals surface area contributed by atoms with Crippen LogP contribution in [0.15, 0.2) is 113 Å². The lowest BCUT2D eigenvalue weighted by molar-refractivity contribution is -0.144. The molecule has 0 radical (unpaired) electrons. The molecule has 2 N–H and O–H groups in total. The molecule has 0 aliphatic rings. The predicted octanol–water partition coefficient (Wildman–Crippen LogP) is 7.21. The topological polar surface area (TPSA) is 145 Å². The summed E-state index contributed by atoms with van der Waals surface area (Å²) in [6.45, 7) is 6.78. The van der Waals surface area contributed by atoms with Gasteiger partial charge in [-0.2, -0.15) is 0 Å². The van der Waals surface area contributed by atoms with Gasteiger partial charge in [0.1, 0.15) is 18.1 Å². The number of sulfone groups is 1. The number of Topliss-reactive ketones (excluding diaryl/α,β-unsaturated/α-hetero) is 1. The fraction of sp³-hybridized carbons (Fsp3) is 0.278. The van der Waals surface area contributed by atoms with Crippen LogP contribution >= 0.6 is 11.6 Å². The van der Waals surface area contributed by atoms with Crippen molar-refractivity contribution in [1.29, 1.82) is 0 Å². The van der Waals surface area contributed by atoms with E-state index in [1.54, 1.807) is 51.1 Å². The number of para-hydroxylation sites is 1. The fourth-order valence-electron chi connectivity index (χ4n) is 4.60. The molecule has 10 nitrogen and oxygen atoms in total. The van der Waals surface area contributed by atoms with Gasteiger partial charge in [0.15, 0.2) is 0 Å². The van der Waals surface area contributed by atoms with Crippen LogP contribution in [0.5, 0.6) is 11.5 Å². The largest absolute Gasteiger partial charge is 0.489 e. The molecule has 1 atom stereocenters. The second-order valence-electron chi connectivity index (χ2n) is 12.3. The highest BCUT2D eigenvalue weighted by Gasteiger charge is 2.51. The van der Waals surface area contributed by atoms with Crippen LogP contribution in [0.4, 0.5) is 11.4 Å². The number of carbonyl (C=O) groups is 2. The summed E-state index contributed by atoms with van der Waals surface area (Å²) < 4.78 is 68.0. The number of hydrogen-bond acceptors (Lipinski definition) is 8. The zero-order valence-corrected chi connectivity index (χ0v) is 30.0. The second-order valence-corrected chi connectivity index (χ2v) is 16.6. The molecule has 0 saturated heterocycles. The molecule has 49 heavy (non-hydrogen) atoms. The number of anilines is 2. The van der Waals surface area contributed by atoms with Crippen LogP contribution in [0.3, 0.4) is 0 Å². The maximum Gasteiger partial charge on any atom is 0.320 e. The number of benzene rings is 4. The number of halogens is 1. The summed E-state index contributed by atoms with van der Waals surface area (Å²) in [5.41, 5.74) is -0.210. The number of alkyl halides is 1. The van der Waals surface area contributed by atoms with Gasteiger partial charge in [-0.25, -0.2) is 16.8 Å². The van der Waals surface area contributed by atoms with Crippen molar-refractivity contribution in [3.63, 3.8) is 0 Å². The molecule has 0 aliphatic carbocycles. The smallest absolute Gasteiger partial charge is 0.320 e. The molecule has 0 aromatic heterocycles. The summed E-state index contributed by atoms with van der Waals surface area (Å²) in [5, 5.41) is -0.0314. The minimum absolute atomic E-state index is 0.126. The SMILES string of the molecule is CCCCS(=O)(=O)Nc1cc(OC(Cl)(C(=O)Nc2ccccc2)C(=O)C(C)(C)C)ccc1S(=O)(=O)c1ccc(OCc2ccccc2)cc1. The van der Waals surface area contributed by atoms with Gasteiger partial charge >= 0.3 is 5.06 Å². The summed E-state index contributed by atoms with van der Waals surface area (Å²) in [6.07, 6.45) is 0.900. The number of amides is 1. The van der Waals surface area contributed by atoms with Gasteiger partial charge in [0.2, 0.25) is 25.6 Å². The van der Waals surface area contributed by atoms with Crippen molar-refractivity contribution in [3.8, 4) is 11.5 Å². The fourth-order valence-corrected chi connectivity index (χ4v) is 7.75. The molecule has 0 saturated carbocycles. The maximum atomic E-state index is 13.9. The van der Waals surface area contributed by atoms with E-state index in [1.165, 1.54) is 30.3 Å². The monoisotopic (exact) mass is 726 g/mol. The third-order valence-electron chi connectivity index (χ3n) is 7.21.